The third-order valence-electron chi connectivity index (χ3n) is 4.65. The average Bonchev–Trinajstić information content (AvgIpc) is 3.31. The first-order valence-electron chi connectivity index (χ1n) is 8.81. The number of thiazole rings is 1. The number of aromatic nitrogens is 1. The molecule has 5 nitrogen and oxygen atoms in total. The normalized spacial score (nSPS) is 21.0. The summed E-state index contributed by atoms with van der Waals surface area (Å²) >= 11 is 1.69. The Hall–Kier alpha value is -1.82. The minimum absolute atomic E-state index is 0.0883. The average molecular weight is 345 g/mol. The van der Waals surface area contributed by atoms with E-state index in [0.29, 0.717) is 12.6 Å². The lowest BCUT2D eigenvalue weighted by atomic mass is 9.97. The number of hydrogen-bond donors (Lipinski definition) is 1. The molecule has 6 heteroatoms. The Kier molecular flexibility index (Phi) is 4.31. The van der Waals surface area contributed by atoms with Gasteiger partial charge in [-0.1, -0.05) is 11.3 Å². The van der Waals surface area contributed by atoms with Crippen LogP contribution in [0.1, 0.15) is 32.6 Å². The predicted octanol–water partition coefficient (Wildman–Crippen LogP) is 3.19. The molecule has 24 heavy (non-hydrogen) atoms. The van der Waals surface area contributed by atoms with E-state index in [4.69, 9.17) is 9.72 Å². The molecule has 4 rings (SSSR count). The van der Waals surface area contributed by atoms with Gasteiger partial charge in [0.25, 0.3) is 0 Å². The zero-order chi connectivity index (χ0) is 16.5. The lowest BCUT2D eigenvalue weighted by Crippen LogP contribution is -2.43. The van der Waals surface area contributed by atoms with E-state index in [-0.39, 0.29) is 11.8 Å². The van der Waals surface area contributed by atoms with E-state index < -0.39 is 0 Å². The van der Waals surface area contributed by atoms with Crippen LogP contribution in [-0.4, -0.2) is 36.6 Å². The Balaban J connectivity index is 1.49. The molecule has 1 saturated carbocycles. The summed E-state index contributed by atoms with van der Waals surface area (Å²) < 4.78 is 6.71. The number of nitrogens with zero attached hydrogens (tertiary/aromatic N) is 2. The number of ether oxygens (including phenoxy) is 1. The van der Waals surface area contributed by atoms with E-state index in [9.17, 15) is 4.79 Å². The minimum atomic E-state index is 0.0883. The van der Waals surface area contributed by atoms with Gasteiger partial charge in [-0.2, -0.15) is 0 Å². The molecule has 0 radical (unpaired) electrons. The SMILES string of the molecule is CCOc1ccc2nc(N3CCC[C@@H](C(=O)NC4CC4)C3)sc2c1. The summed E-state index contributed by atoms with van der Waals surface area (Å²) in [7, 11) is 0. The molecule has 2 aromatic rings. The van der Waals surface area contributed by atoms with E-state index in [2.05, 4.69) is 16.3 Å². The van der Waals surface area contributed by atoms with Crippen LogP contribution in [0.25, 0.3) is 10.2 Å². The highest BCUT2D eigenvalue weighted by Crippen LogP contribution is 2.33. The van der Waals surface area contributed by atoms with E-state index in [1.165, 1.54) is 0 Å². The van der Waals surface area contributed by atoms with Gasteiger partial charge in [0, 0.05) is 19.1 Å². The standard InChI is InChI=1S/C18H23N3O2S/c1-2-23-14-7-8-15-16(10-14)24-18(20-15)21-9-3-4-12(11-21)17(22)19-13-5-6-13/h7-8,10,12-13H,2-6,9,11H2,1H3,(H,19,22)/t12-/m1/s1. The zero-order valence-electron chi connectivity index (χ0n) is 14.0. The summed E-state index contributed by atoms with van der Waals surface area (Å²) in [6, 6.07) is 6.48. The summed E-state index contributed by atoms with van der Waals surface area (Å²) in [5, 5.41) is 4.16. The molecule has 0 unspecified atom stereocenters. The molecular formula is C18H23N3O2S. The van der Waals surface area contributed by atoms with Gasteiger partial charge in [0.2, 0.25) is 5.91 Å². The van der Waals surface area contributed by atoms with Crippen LogP contribution in [0.4, 0.5) is 5.13 Å². The van der Waals surface area contributed by atoms with Crippen LogP contribution in [0.5, 0.6) is 5.75 Å². The third kappa shape index (κ3) is 3.34. The number of fused-ring (bicyclic) bond motifs is 1. The molecule has 2 fully saturated rings. The number of amides is 1. The smallest absolute Gasteiger partial charge is 0.225 e. The van der Waals surface area contributed by atoms with E-state index in [0.717, 1.165) is 59.9 Å². The van der Waals surface area contributed by atoms with E-state index in [1.807, 2.05) is 19.1 Å². The topological polar surface area (TPSA) is 54.5 Å². The summed E-state index contributed by atoms with van der Waals surface area (Å²) in [5.74, 6) is 1.20. The Labute approximate surface area is 146 Å². The van der Waals surface area contributed by atoms with Crippen molar-refractivity contribution in [3.8, 4) is 5.75 Å². The maximum atomic E-state index is 12.3. The maximum Gasteiger partial charge on any atom is 0.225 e. The molecule has 128 valence electrons. The Bertz CT molecular complexity index is 741. The molecule has 1 saturated heterocycles. The fraction of sp³-hybridized carbons (Fsp3) is 0.556. The van der Waals surface area contributed by atoms with Gasteiger partial charge in [0.15, 0.2) is 5.13 Å². The van der Waals surface area contributed by atoms with Crippen molar-refractivity contribution in [1.82, 2.24) is 10.3 Å². The molecule has 1 aliphatic carbocycles. The van der Waals surface area contributed by atoms with Crippen molar-refractivity contribution in [3.05, 3.63) is 18.2 Å². The van der Waals surface area contributed by atoms with Gasteiger partial charge in [-0.15, -0.1) is 0 Å². The quantitative estimate of drug-likeness (QED) is 0.904. The van der Waals surface area contributed by atoms with Gasteiger partial charge in [-0.3, -0.25) is 4.79 Å². The first-order valence-corrected chi connectivity index (χ1v) is 9.63. The highest BCUT2D eigenvalue weighted by Gasteiger charge is 2.31. The number of benzene rings is 1. The number of nitrogens with one attached hydrogen (secondary N) is 1. The zero-order valence-corrected chi connectivity index (χ0v) is 14.8. The highest BCUT2D eigenvalue weighted by molar-refractivity contribution is 7.22. The van der Waals surface area contributed by atoms with Crippen LogP contribution >= 0.6 is 11.3 Å². The predicted molar refractivity (Wildman–Crippen MR) is 96.9 cm³/mol. The number of piperidine rings is 1. The van der Waals surface area contributed by atoms with Gasteiger partial charge in [0.1, 0.15) is 5.75 Å². The molecular weight excluding hydrogens is 322 g/mol. The molecule has 1 aliphatic heterocycles. The van der Waals surface area contributed by atoms with Crippen LogP contribution in [-0.2, 0) is 4.79 Å². The van der Waals surface area contributed by atoms with Gasteiger partial charge in [-0.25, -0.2) is 4.98 Å². The van der Waals surface area contributed by atoms with Crippen molar-refractivity contribution in [2.75, 3.05) is 24.6 Å². The molecule has 2 aliphatic rings. The van der Waals surface area contributed by atoms with E-state index in [1.54, 1.807) is 11.3 Å². The van der Waals surface area contributed by atoms with Crippen LogP contribution in [0.3, 0.4) is 0 Å². The molecule has 1 N–H and O–H groups in total. The second-order valence-corrected chi connectivity index (χ2v) is 7.64. The lowest BCUT2D eigenvalue weighted by Gasteiger charge is -2.31. The van der Waals surface area contributed by atoms with Crippen LogP contribution in [0, 0.1) is 5.92 Å². The van der Waals surface area contributed by atoms with Gasteiger partial charge < -0.3 is 15.0 Å². The lowest BCUT2D eigenvalue weighted by molar-refractivity contribution is -0.125. The Morgan fingerprint density at radius 3 is 3.08 bits per heavy atom. The fourth-order valence-electron chi connectivity index (χ4n) is 3.20. The monoisotopic (exact) mass is 345 g/mol. The molecule has 1 aromatic carbocycles. The van der Waals surface area contributed by atoms with Crippen molar-refractivity contribution in [1.29, 1.82) is 0 Å². The molecule has 1 atom stereocenters. The summed E-state index contributed by atoms with van der Waals surface area (Å²) in [5.41, 5.74) is 1.00. The van der Waals surface area contributed by atoms with Gasteiger partial charge in [-0.05, 0) is 50.8 Å². The molecule has 1 aromatic heterocycles. The highest BCUT2D eigenvalue weighted by atomic mass is 32.1. The van der Waals surface area contributed by atoms with Gasteiger partial charge >= 0.3 is 0 Å². The van der Waals surface area contributed by atoms with Crippen molar-refractivity contribution in [3.63, 3.8) is 0 Å². The maximum absolute atomic E-state index is 12.3. The Morgan fingerprint density at radius 2 is 2.29 bits per heavy atom. The van der Waals surface area contributed by atoms with Crippen molar-refractivity contribution in [2.45, 2.75) is 38.6 Å². The number of carbonyl (C=O) groups is 1. The van der Waals surface area contributed by atoms with Crippen LogP contribution in [0.15, 0.2) is 18.2 Å². The summed E-state index contributed by atoms with van der Waals surface area (Å²) in [6.45, 7) is 4.41. The number of rotatable bonds is 5. The third-order valence-corrected chi connectivity index (χ3v) is 5.73. The second-order valence-electron chi connectivity index (χ2n) is 6.63. The van der Waals surface area contributed by atoms with Crippen molar-refractivity contribution in [2.24, 2.45) is 5.92 Å². The van der Waals surface area contributed by atoms with Gasteiger partial charge in [0.05, 0.1) is 22.7 Å². The van der Waals surface area contributed by atoms with E-state index >= 15 is 0 Å². The second kappa shape index (κ2) is 6.59. The van der Waals surface area contributed by atoms with Crippen molar-refractivity contribution < 1.29 is 9.53 Å². The van der Waals surface area contributed by atoms with Crippen LogP contribution in [0.2, 0.25) is 0 Å². The summed E-state index contributed by atoms with van der Waals surface area (Å²) in [4.78, 5) is 19.4. The minimum Gasteiger partial charge on any atom is -0.494 e. The fourth-order valence-corrected chi connectivity index (χ4v) is 4.23. The Morgan fingerprint density at radius 1 is 1.42 bits per heavy atom. The van der Waals surface area contributed by atoms with Crippen molar-refractivity contribution >= 4 is 32.6 Å². The first-order chi connectivity index (χ1) is 11.7. The number of carbonyl (C=O) groups excluding carboxylic acids is 1. The first kappa shape index (κ1) is 15.7. The molecule has 0 spiro atoms. The largest absolute Gasteiger partial charge is 0.494 e. The molecule has 0 bridgehead atoms. The number of hydrogen-bond acceptors (Lipinski definition) is 5. The van der Waals surface area contributed by atoms with Crippen LogP contribution < -0.4 is 15.0 Å². The molecule has 1 amide bonds. The molecule has 2 heterocycles. The summed E-state index contributed by atoms with van der Waals surface area (Å²) in [6.07, 6.45) is 4.31. The number of anilines is 1.